The lowest BCUT2D eigenvalue weighted by Crippen LogP contribution is -2.35. The zero-order chi connectivity index (χ0) is 18.2. The van der Waals surface area contributed by atoms with E-state index in [2.05, 4.69) is 10.6 Å². The molecule has 0 unspecified atom stereocenters. The highest BCUT2D eigenvalue weighted by atomic mass is 19.2. The largest absolute Gasteiger partial charge is 0.354 e. The van der Waals surface area contributed by atoms with Crippen molar-refractivity contribution >= 4 is 11.8 Å². The Bertz CT molecular complexity index is 751. The van der Waals surface area contributed by atoms with Gasteiger partial charge in [0.1, 0.15) is 0 Å². The van der Waals surface area contributed by atoms with Crippen molar-refractivity contribution in [2.24, 2.45) is 0 Å². The third-order valence-electron chi connectivity index (χ3n) is 3.50. The van der Waals surface area contributed by atoms with Crippen LogP contribution in [-0.2, 0) is 11.2 Å². The number of halogens is 3. The van der Waals surface area contributed by atoms with Gasteiger partial charge in [0.05, 0.1) is 5.56 Å². The van der Waals surface area contributed by atoms with Crippen molar-refractivity contribution in [2.45, 2.75) is 12.8 Å². The van der Waals surface area contributed by atoms with E-state index in [0.29, 0.717) is 18.9 Å². The molecule has 0 aliphatic heterocycles. The average molecular weight is 350 g/mol. The van der Waals surface area contributed by atoms with Gasteiger partial charge in [0.2, 0.25) is 5.91 Å². The van der Waals surface area contributed by atoms with Crippen molar-refractivity contribution in [3.8, 4) is 0 Å². The summed E-state index contributed by atoms with van der Waals surface area (Å²) in [5, 5.41) is 4.95. The number of nitrogens with one attached hydrogen (secondary N) is 2. The zero-order valence-corrected chi connectivity index (χ0v) is 13.3. The Kier molecular flexibility index (Phi) is 6.56. The SMILES string of the molecule is O=C(CCc1ccccc1)NCCNC(=O)c1ccc(F)c(F)c1F. The van der Waals surface area contributed by atoms with Crippen molar-refractivity contribution in [3.63, 3.8) is 0 Å². The van der Waals surface area contributed by atoms with Gasteiger partial charge in [0, 0.05) is 19.5 Å². The average Bonchev–Trinajstić information content (AvgIpc) is 2.62. The van der Waals surface area contributed by atoms with Crippen molar-refractivity contribution in [1.29, 1.82) is 0 Å². The molecular formula is C18H17F3N2O2. The van der Waals surface area contributed by atoms with Gasteiger partial charge in [0.15, 0.2) is 17.5 Å². The van der Waals surface area contributed by atoms with Gasteiger partial charge in [-0.2, -0.15) is 0 Å². The van der Waals surface area contributed by atoms with E-state index < -0.39 is 28.9 Å². The van der Waals surface area contributed by atoms with Crippen LogP contribution in [0.25, 0.3) is 0 Å². The van der Waals surface area contributed by atoms with Crippen molar-refractivity contribution in [2.75, 3.05) is 13.1 Å². The molecule has 0 aromatic heterocycles. The molecule has 0 saturated heterocycles. The van der Waals surface area contributed by atoms with Crippen LogP contribution in [0.1, 0.15) is 22.3 Å². The van der Waals surface area contributed by atoms with Crippen LogP contribution >= 0.6 is 0 Å². The monoisotopic (exact) mass is 350 g/mol. The van der Waals surface area contributed by atoms with E-state index in [0.717, 1.165) is 11.6 Å². The molecule has 4 nitrogen and oxygen atoms in total. The molecule has 7 heteroatoms. The van der Waals surface area contributed by atoms with Crippen LogP contribution in [0.5, 0.6) is 0 Å². The summed E-state index contributed by atoms with van der Waals surface area (Å²) in [7, 11) is 0. The third kappa shape index (κ3) is 5.34. The molecule has 132 valence electrons. The Labute approximate surface area is 143 Å². The Morgan fingerprint density at radius 1 is 0.840 bits per heavy atom. The molecule has 0 bridgehead atoms. The van der Waals surface area contributed by atoms with Crippen LogP contribution < -0.4 is 10.6 Å². The first-order chi connectivity index (χ1) is 12.0. The molecule has 2 N–H and O–H groups in total. The minimum Gasteiger partial charge on any atom is -0.354 e. The molecule has 0 radical (unpaired) electrons. The summed E-state index contributed by atoms with van der Waals surface area (Å²) in [5.74, 6) is -5.65. The van der Waals surface area contributed by atoms with E-state index >= 15 is 0 Å². The molecular weight excluding hydrogens is 333 g/mol. The van der Waals surface area contributed by atoms with Gasteiger partial charge in [-0.1, -0.05) is 30.3 Å². The summed E-state index contributed by atoms with van der Waals surface area (Å²) in [6.45, 7) is 0.180. The number of carbonyl (C=O) groups excluding carboxylic acids is 2. The van der Waals surface area contributed by atoms with Gasteiger partial charge in [-0.15, -0.1) is 0 Å². The van der Waals surface area contributed by atoms with E-state index in [1.807, 2.05) is 30.3 Å². The number of hydrogen-bond acceptors (Lipinski definition) is 2. The number of carbonyl (C=O) groups is 2. The summed E-state index contributed by atoms with van der Waals surface area (Å²) in [4.78, 5) is 23.4. The van der Waals surface area contributed by atoms with Crippen molar-refractivity contribution in [3.05, 3.63) is 71.0 Å². The molecule has 2 aromatic carbocycles. The molecule has 0 spiro atoms. The topological polar surface area (TPSA) is 58.2 Å². The first-order valence-electron chi connectivity index (χ1n) is 7.71. The van der Waals surface area contributed by atoms with E-state index in [1.165, 1.54) is 0 Å². The third-order valence-corrected chi connectivity index (χ3v) is 3.50. The number of rotatable bonds is 7. The summed E-state index contributed by atoms with van der Waals surface area (Å²) in [6.07, 6.45) is 0.898. The van der Waals surface area contributed by atoms with E-state index in [4.69, 9.17) is 0 Å². The molecule has 25 heavy (non-hydrogen) atoms. The van der Waals surface area contributed by atoms with Gasteiger partial charge in [0.25, 0.3) is 5.91 Å². The second-order valence-corrected chi connectivity index (χ2v) is 5.31. The van der Waals surface area contributed by atoms with Crippen LogP contribution in [0, 0.1) is 17.5 Å². The van der Waals surface area contributed by atoms with Crippen LogP contribution in [0.4, 0.5) is 13.2 Å². The lowest BCUT2D eigenvalue weighted by molar-refractivity contribution is -0.121. The van der Waals surface area contributed by atoms with E-state index in [9.17, 15) is 22.8 Å². The summed E-state index contributed by atoms with van der Waals surface area (Å²) in [6, 6.07) is 11.1. The molecule has 2 amide bonds. The number of amides is 2. The Morgan fingerprint density at radius 2 is 1.52 bits per heavy atom. The fourth-order valence-electron chi connectivity index (χ4n) is 2.17. The van der Waals surface area contributed by atoms with Gasteiger partial charge in [-0.05, 0) is 24.1 Å². The highest BCUT2D eigenvalue weighted by molar-refractivity contribution is 5.94. The maximum atomic E-state index is 13.5. The lowest BCUT2D eigenvalue weighted by atomic mass is 10.1. The second kappa shape index (κ2) is 8.86. The normalized spacial score (nSPS) is 10.4. The second-order valence-electron chi connectivity index (χ2n) is 5.31. The van der Waals surface area contributed by atoms with Gasteiger partial charge in [-0.3, -0.25) is 9.59 Å². The summed E-state index contributed by atoms with van der Waals surface area (Å²) >= 11 is 0. The van der Waals surface area contributed by atoms with E-state index in [-0.39, 0.29) is 19.0 Å². The van der Waals surface area contributed by atoms with Crippen LogP contribution in [0.2, 0.25) is 0 Å². The first-order valence-corrected chi connectivity index (χ1v) is 7.71. The van der Waals surface area contributed by atoms with E-state index in [1.54, 1.807) is 0 Å². The van der Waals surface area contributed by atoms with Crippen molar-refractivity contribution in [1.82, 2.24) is 10.6 Å². The predicted molar refractivity (Wildman–Crippen MR) is 86.4 cm³/mol. The van der Waals surface area contributed by atoms with Crippen LogP contribution in [0.3, 0.4) is 0 Å². The molecule has 2 aromatic rings. The summed E-state index contributed by atoms with van der Waals surface area (Å²) in [5.41, 5.74) is 0.453. The molecule has 0 aliphatic rings. The minimum absolute atomic E-state index is 0.0361. The van der Waals surface area contributed by atoms with Gasteiger partial charge < -0.3 is 10.6 Å². The Morgan fingerprint density at radius 3 is 2.24 bits per heavy atom. The molecule has 2 rings (SSSR count). The Hall–Kier alpha value is -2.83. The first kappa shape index (κ1) is 18.5. The summed E-state index contributed by atoms with van der Waals surface area (Å²) < 4.78 is 39.4. The smallest absolute Gasteiger partial charge is 0.254 e. The standard InChI is InChI=1S/C18H17F3N2O2/c19-14-8-7-13(16(20)17(14)21)18(25)23-11-10-22-15(24)9-6-12-4-2-1-3-5-12/h1-5,7-8H,6,9-11H2,(H,22,24)(H,23,25). The number of hydrogen-bond donors (Lipinski definition) is 2. The van der Waals surface area contributed by atoms with Gasteiger partial charge in [-0.25, -0.2) is 13.2 Å². The molecule has 0 atom stereocenters. The zero-order valence-electron chi connectivity index (χ0n) is 13.3. The maximum absolute atomic E-state index is 13.5. The van der Waals surface area contributed by atoms with Crippen molar-refractivity contribution < 1.29 is 22.8 Å². The highest BCUT2D eigenvalue weighted by Crippen LogP contribution is 2.14. The number of benzene rings is 2. The minimum atomic E-state index is -1.69. The lowest BCUT2D eigenvalue weighted by Gasteiger charge is -2.08. The number of aryl methyl sites for hydroxylation is 1. The molecule has 0 fully saturated rings. The fraction of sp³-hybridized carbons (Fsp3) is 0.222. The maximum Gasteiger partial charge on any atom is 0.254 e. The highest BCUT2D eigenvalue weighted by Gasteiger charge is 2.18. The Balaban J connectivity index is 1.71. The molecule has 0 saturated carbocycles. The van der Waals surface area contributed by atoms with Gasteiger partial charge >= 0.3 is 0 Å². The fourth-order valence-corrected chi connectivity index (χ4v) is 2.17. The predicted octanol–water partition coefficient (Wildman–Crippen LogP) is 2.58. The molecule has 0 aliphatic carbocycles. The van der Waals surface area contributed by atoms with Crippen LogP contribution in [-0.4, -0.2) is 24.9 Å². The quantitative estimate of drug-likeness (QED) is 0.596. The van der Waals surface area contributed by atoms with Crippen LogP contribution in [0.15, 0.2) is 42.5 Å². The molecule has 0 heterocycles.